The molecule has 0 amide bonds. The van der Waals surface area contributed by atoms with Crippen molar-refractivity contribution in [3.63, 3.8) is 0 Å². The standard InChI is InChI=1S/C27H31ClN6O/c1-18-6-5-13-34(18)27-30-24(22-10-8-21(9-11-22)20(3)35)16-25(31-27)33-15-14-32(17-19(33)2)26-23(28)7-4-12-29-26/h4,7-12,16,18-19H,5-6,13-15,17H2,1-3H3. The summed E-state index contributed by atoms with van der Waals surface area (Å²) < 4.78 is 0. The minimum Gasteiger partial charge on any atom is -0.352 e. The van der Waals surface area contributed by atoms with Crippen LogP contribution in [0.25, 0.3) is 11.3 Å². The quantitative estimate of drug-likeness (QED) is 0.461. The lowest BCUT2D eigenvalue weighted by Crippen LogP contribution is -2.52. The van der Waals surface area contributed by atoms with Gasteiger partial charge in [-0.3, -0.25) is 4.79 Å². The van der Waals surface area contributed by atoms with Crippen molar-refractivity contribution in [1.29, 1.82) is 0 Å². The highest BCUT2D eigenvalue weighted by Gasteiger charge is 2.29. The second kappa shape index (κ2) is 9.82. The Morgan fingerprint density at radius 1 is 1.00 bits per heavy atom. The molecule has 2 atom stereocenters. The molecule has 182 valence electrons. The molecule has 2 aliphatic rings. The molecular weight excluding hydrogens is 460 g/mol. The van der Waals surface area contributed by atoms with E-state index >= 15 is 0 Å². The first-order valence-corrected chi connectivity index (χ1v) is 12.7. The number of rotatable bonds is 5. The smallest absolute Gasteiger partial charge is 0.228 e. The monoisotopic (exact) mass is 490 g/mol. The number of carbonyl (C=O) groups excluding carboxylic acids is 1. The Morgan fingerprint density at radius 2 is 1.80 bits per heavy atom. The lowest BCUT2D eigenvalue weighted by Gasteiger charge is -2.41. The molecule has 35 heavy (non-hydrogen) atoms. The SMILES string of the molecule is CC(=O)c1ccc(-c2cc(N3CCN(c4ncccc4Cl)CC3C)nc(N3CCCC3C)n2)cc1. The zero-order valence-corrected chi connectivity index (χ0v) is 21.2. The van der Waals surface area contributed by atoms with E-state index in [0.29, 0.717) is 16.6 Å². The molecular formula is C27H31ClN6O. The summed E-state index contributed by atoms with van der Waals surface area (Å²) in [5.74, 6) is 2.60. The predicted molar refractivity (Wildman–Crippen MR) is 142 cm³/mol. The van der Waals surface area contributed by atoms with E-state index < -0.39 is 0 Å². The third-order valence-corrected chi connectivity index (χ3v) is 7.35. The van der Waals surface area contributed by atoms with Gasteiger partial charge in [0.05, 0.1) is 10.7 Å². The van der Waals surface area contributed by atoms with E-state index in [0.717, 1.165) is 67.9 Å². The first-order valence-electron chi connectivity index (χ1n) is 12.3. The molecule has 2 saturated heterocycles. The molecule has 0 N–H and O–H groups in total. The maximum absolute atomic E-state index is 11.7. The average Bonchev–Trinajstić information content (AvgIpc) is 3.30. The first kappa shape index (κ1) is 23.5. The highest BCUT2D eigenvalue weighted by atomic mass is 35.5. The van der Waals surface area contributed by atoms with Crippen LogP contribution in [-0.2, 0) is 0 Å². The van der Waals surface area contributed by atoms with Crippen molar-refractivity contribution in [3.05, 3.63) is 59.2 Å². The zero-order chi connectivity index (χ0) is 24.5. The van der Waals surface area contributed by atoms with Crippen LogP contribution in [0.2, 0.25) is 5.02 Å². The van der Waals surface area contributed by atoms with Crippen LogP contribution >= 0.6 is 11.6 Å². The van der Waals surface area contributed by atoms with Gasteiger partial charge in [0.1, 0.15) is 11.6 Å². The second-order valence-corrected chi connectivity index (χ2v) is 9.93. The minimum absolute atomic E-state index is 0.0613. The fraction of sp³-hybridized carbons (Fsp3) is 0.407. The Morgan fingerprint density at radius 3 is 2.46 bits per heavy atom. The van der Waals surface area contributed by atoms with Crippen molar-refractivity contribution in [2.45, 2.75) is 45.7 Å². The van der Waals surface area contributed by atoms with Gasteiger partial charge in [-0.1, -0.05) is 35.9 Å². The second-order valence-electron chi connectivity index (χ2n) is 9.53. The lowest BCUT2D eigenvalue weighted by molar-refractivity contribution is 0.101. The Hall–Kier alpha value is -3.19. The fourth-order valence-corrected chi connectivity index (χ4v) is 5.29. The molecule has 2 unspecified atom stereocenters. The molecule has 7 nitrogen and oxygen atoms in total. The molecule has 4 heterocycles. The number of anilines is 3. The molecule has 2 fully saturated rings. The summed E-state index contributed by atoms with van der Waals surface area (Å²) in [4.78, 5) is 33.2. The van der Waals surface area contributed by atoms with Gasteiger partial charge >= 0.3 is 0 Å². The van der Waals surface area contributed by atoms with Gasteiger partial charge < -0.3 is 14.7 Å². The Kier molecular flexibility index (Phi) is 6.60. The van der Waals surface area contributed by atoms with Crippen LogP contribution in [0.1, 0.15) is 44.0 Å². The summed E-state index contributed by atoms with van der Waals surface area (Å²) in [5, 5.41) is 0.678. The number of benzene rings is 1. The van der Waals surface area contributed by atoms with Gasteiger partial charge in [-0.05, 0) is 45.7 Å². The summed E-state index contributed by atoms with van der Waals surface area (Å²) in [7, 11) is 0. The Labute approximate surface area is 211 Å². The number of halogens is 1. The Bertz CT molecular complexity index is 1220. The van der Waals surface area contributed by atoms with Gasteiger partial charge in [-0.25, -0.2) is 9.97 Å². The van der Waals surface area contributed by atoms with Gasteiger partial charge in [0.25, 0.3) is 0 Å². The maximum Gasteiger partial charge on any atom is 0.228 e. The largest absolute Gasteiger partial charge is 0.352 e. The van der Waals surface area contributed by atoms with Crippen molar-refractivity contribution in [2.75, 3.05) is 40.9 Å². The van der Waals surface area contributed by atoms with Crippen LogP contribution in [0.4, 0.5) is 17.6 Å². The molecule has 3 aromatic rings. The van der Waals surface area contributed by atoms with Gasteiger partial charge in [-0.15, -0.1) is 0 Å². The summed E-state index contributed by atoms with van der Waals surface area (Å²) in [5.41, 5.74) is 2.56. The maximum atomic E-state index is 11.7. The molecule has 0 aliphatic carbocycles. The topological polar surface area (TPSA) is 65.5 Å². The number of nitrogens with zero attached hydrogens (tertiary/aromatic N) is 6. The number of pyridine rings is 1. The van der Waals surface area contributed by atoms with E-state index in [9.17, 15) is 4.79 Å². The van der Waals surface area contributed by atoms with E-state index in [1.807, 2.05) is 36.4 Å². The number of ketones is 1. The summed E-state index contributed by atoms with van der Waals surface area (Å²) in [6.07, 6.45) is 4.09. The number of Topliss-reactive ketones (excluding diaryl/α,β-unsaturated/α-hetero) is 1. The highest BCUT2D eigenvalue weighted by molar-refractivity contribution is 6.32. The predicted octanol–water partition coefficient (Wildman–Crippen LogP) is 5.10. The third kappa shape index (κ3) is 4.82. The van der Waals surface area contributed by atoms with E-state index in [2.05, 4.69) is 39.6 Å². The molecule has 8 heteroatoms. The van der Waals surface area contributed by atoms with Gasteiger partial charge in [0, 0.05) is 61.7 Å². The van der Waals surface area contributed by atoms with Gasteiger partial charge in [0.15, 0.2) is 5.78 Å². The third-order valence-electron chi connectivity index (χ3n) is 7.06. The fourth-order valence-electron chi connectivity index (χ4n) is 5.05. The van der Waals surface area contributed by atoms with Crippen molar-refractivity contribution >= 4 is 35.0 Å². The number of hydrogen-bond donors (Lipinski definition) is 0. The summed E-state index contributed by atoms with van der Waals surface area (Å²) in [6, 6.07) is 14.1. The van der Waals surface area contributed by atoms with E-state index in [1.165, 1.54) is 0 Å². The van der Waals surface area contributed by atoms with E-state index in [4.69, 9.17) is 21.6 Å². The van der Waals surface area contributed by atoms with Crippen LogP contribution in [-0.4, -0.2) is 59.0 Å². The summed E-state index contributed by atoms with van der Waals surface area (Å²) >= 11 is 6.42. The number of aromatic nitrogens is 3. The molecule has 0 saturated carbocycles. The normalized spacial score (nSPS) is 20.4. The minimum atomic E-state index is 0.0613. The van der Waals surface area contributed by atoms with Crippen LogP contribution < -0.4 is 14.7 Å². The number of hydrogen-bond acceptors (Lipinski definition) is 7. The van der Waals surface area contributed by atoms with Gasteiger partial charge in [0.2, 0.25) is 5.95 Å². The van der Waals surface area contributed by atoms with Crippen molar-refractivity contribution in [3.8, 4) is 11.3 Å². The Balaban J connectivity index is 1.47. The molecule has 2 aromatic heterocycles. The molecule has 2 aliphatic heterocycles. The van der Waals surface area contributed by atoms with E-state index in [1.54, 1.807) is 13.1 Å². The number of piperazine rings is 1. The summed E-state index contributed by atoms with van der Waals surface area (Å²) in [6.45, 7) is 9.43. The van der Waals surface area contributed by atoms with Crippen LogP contribution in [0.15, 0.2) is 48.7 Å². The van der Waals surface area contributed by atoms with Crippen molar-refractivity contribution < 1.29 is 4.79 Å². The van der Waals surface area contributed by atoms with E-state index in [-0.39, 0.29) is 11.8 Å². The first-order chi connectivity index (χ1) is 16.9. The number of carbonyl (C=O) groups is 1. The van der Waals surface area contributed by atoms with Crippen LogP contribution in [0, 0.1) is 0 Å². The lowest BCUT2D eigenvalue weighted by atomic mass is 10.1. The van der Waals surface area contributed by atoms with Crippen molar-refractivity contribution in [1.82, 2.24) is 15.0 Å². The van der Waals surface area contributed by atoms with Gasteiger partial charge in [-0.2, -0.15) is 4.98 Å². The molecule has 0 radical (unpaired) electrons. The molecule has 5 rings (SSSR count). The molecule has 1 aromatic carbocycles. The zero-order valence-electron chi connectivity index (χ0n) is 20.5. The van der Waals surface area contributed by atoms with Crippen LogP contribution in [0.3, 0.4) is 0 Å². The molecule has 0 bridgehead atoms. The molecule has 0 spiro atoms. The van der Waals surface area contributed by atoms with Crippen molar-refractivity contribution in [2.24, 2.45) is 0 Å². The average molecular weight is 491 g/mol. The highest BCUT2D eigenvalue weighted by Crippen LogP contribution is 2.32. The van der Waals surface area contributed by atoms with Crippen LogP contribution in [0.5, 0.6) is 0 Å².